The summed E-state index contributed by atoms with van der Waals surface area (Å²) in [6, 6.07) is 0. The van der Waals surface area contributed by atoms with E-state index in [9.17, 15) is 14.4 Å². The minimum atomic E-state index is -1.93. The maximum absolute atomic E-state index is 11.5. The smallest absolute Gasteiger partial charge is 0.223 e. The fourth-order valence-electron chi connectivity index (χ4n) is 2.34. The predicted molar refractivity (Wildman–Crippen MR) is 73.3 cm³/mol. The fourth-order valence-corrected chi connectivity index (χ4v) is 2.86. The summed E-state index contributed by atoms with van der Waals surface area (Å²) in [5.74, 6) is -0.171. The van der Waals surface area contributed by atoms with Gasteiger partial charge in [-0.3, -0.25) is 4.57 Å². The molecule has 0 amide bonds. The molecule has 0 spiro atoms. The maximum atomic E-state index is 11.5. The van der Waals surface area contributed by atoms with Crippen LogP contribution in [0.1, 0.15) is 6.23 Å². The average Bonchev–Trinajstić information content (AvgIpc) is 3.00. The summed E-state index contributed by atoms with van der Waals surface area (Å²) >= 11 is 0. The third-order valence-electron chi connectivity index (χ3n) is 3.39. The lowest BCUT2D eigenvalue weighted by Crippen LogP contribution is -2.33. The number of rotatable bonds is 3. The van der Waals surface area contributed by atoms with Gasteiger partial charge in [-0.2, -0.15) is 4.98 Å². The number of anilines is 1. The Kier molecular flexibility index (Phi) is 3.80. The van der Waals surface area contributed by atoms with Gasteiger partial charge in [-0.05, 0) is 0 Å². The standard InChI is InChI=1S/C10H14N6O5S/c11-10-14-7-4(8(15-10)22(12)20)13-2-16(7)9-6(19)5(18)3(1-17)21-9/h2-3,5-6,9,17-19H,1,12H2,(H2,11,14,15). The number of ether oxygens (including phenoxy) is 1. The van der Waals surface area contributed by atoms with E-state index < -0.39 is 42.1 Å². The molecule has 1 aliphatic rings. The molecule has 3 heterocycles. The molecule has 0 saturated carbocycles. The highest BCUT2D eigenvalue weighted by molar-refractivity contribution is 7.82. The summed E-state index contributed by atoms with van der Waals surface area (Å²) in [6.07, 6.45) is -3.28. The topological polar surface area (TPSA) is 183 Å². The molecule has 1 fully saturated rings. The second kappa shape index (κ2) is 5.49. The Balaban J connectivity index is 2.11. The molecule has 22 heavy (non-hydrogen) atoms. The number of nitrogens with zero attached hydrogens (tertiary/aromatic N) is 4. The second-order valence-electron chi connectivity index (χ2n) is 4.74. The first-order valence-corrected chi connectivity index (χ1v) is 7.44. The highest BCUT2D eigenvalue weighted by Gasteiger charge is 2.44. The molecule has 0 radical (unpaired) electrons. The van der Waals surface area contributed by atoms with Crippen molar-refractivity contribution in [3.8, 4) is 0 Å². The number of fused-ring (bicyclic) bond motifs is 1. The van der Waals surface area contributed by atoms with Crippen LogP contribution in [0.3, 0.4) is 0 Å². The molecule has 2 aromatic rings. The van der Waals surface area contributed by atoms with Gasteiger partial charge in [0.2, 0.25) is 5.95 Å². The zero-order chi connectivity index (χ0) is 16.0. The molecule has 5 unspecified atom stereocenters. The number of nitrogens with two attached hydrogens (primary N) is 2. The number of hydrogen-bond donors (Lipinski definition) is 5. The second-order valence-corrected chi connectivity index (χ2v) is 5.72. The van der Waals surface area contributed by atoms with Crippen molar-refractivity contribution in [1.82, 2.24) is 19.5 Å². The Morgan fingerprint density at radius 3 is 2.68 bits per heavy atom. The molecule has 1 aliphatic heterocycles. The number of aliphatic hydroxyl groups excluding tert-OH is 3. The molecule has 1 saturated heterocycles. The average molecular weight is 330 g/mol. The summed E-state index contributed by atoms with van der Waals surface area (Å²) in [6.45, 7) is -0.462. The molecule has 11 nitrogen and oxygen atoms in total. The van der Waals surface area contributed by atoms with Crippen LogP contribution < -0.4 is 10.9 Å². The van der Waals surface area contributed by atoms with E-state index in [-0.39, 0.29) is 22.1 Å². The number of nitrogen functional groups attached to an aromatic ring is 1. The van der Waals surface area contributed by atoms with Crippen molar-refractivity contribution in [2.45, 2.75) is 29.6 Å². The highest BCUT2D eigenvalue weighted by Crippen LogP contribution is 2.31. The number of hydrogen-bond acceptors (Lipinski definition) is 9. The van der Waals surface area contributed by atoms with Crippen LogP contribution in [-0.4, -0.2) is 64.0 Å². The lowest BCUT2D eigenvalue weighted by molar-refractivity contribution is -0.0511. The van der Waals surface area contributed by atoms with E-state index in [1.54, 1.807) is 0 Å². The number of aromatic nitrogens is 4. The van der Waals surface area contributed by atoms with Crippen molar-refractivity contribution in [3.63, 3.8) is 0 Å². The Bertz CT molecular complexity index is 738. The van der Waals surface area contributed by atoms with Crippen LogP contribution in [0.25, 0.3) is 11.2 Å². The third-order valence-corrected chi connectivity index (χ3v) is 4.05. The molecule has 0 aliphatic carbocycles. The first-order chi connectivity index (χ1) is 10.4. The zero-order valence-corrected chi connectivity index (χ0v) is 11.9. The van der Waals surface area contributed by atoms with Gasteiger partial charge in [0.05, 0.1) is 12.9 Å². The van der Waals surface area contributed by atoms with Crippen molar-refractivity contribution in [3.05, 3.63) is 6.33 Å². The summed E-state index contributed by atoms with van der Waals surface area (Å²) in [5.41, 5.74) is 5.85. The van der Waals surface area contributed by atoms with Gasteiger partial charge in [-0.15, -0.1) is 0 Å². The quantitative estimate of drug-likeness (QED) is 0.366. The Morgan fingerprint density at radius 2 is 2.09 bits per heavy atom. The first-order valence-electron chi connectivity index (χ1n) is 6.22. The van der Waals surface area contributed by atoms with Crippen LogP contribution in [0, 0.1) is 0 Å². The molecule has 3 rings (SSSR count). The van der Waals surface area contributed by atoms with Gasteiger partial charge in [-0.1, -0.05) is 0 Å². The molecule has 7 N–H and O–H groups in total. The summed E-state index contributed by atoms with van der Waals surface area (Å²) < 4.78 is 18.2. The third kappa shape index (κ3) is 2.25. The van der Waals surface area contributed by atoms with E-state index in [0.717, 1.165) is 0 Å². The van der Waals surface area contributed by atoms with Crippen molar-refractivity contribution in [1.29, 1.82) is 0 Å². The van der Waals surface area contributed by atoms with Crippen molar-refractivity contribution in [2.24, 2.45) is 5.14 Å². The van der Waals surface area contributed by atoms with Gasteiger partial charge in [0.1, 0.15) is 34.8 Å². The van der Waals surface area contributed by atoms with Gasteiger partial charge in [-0.25, -0.2) is 19.3 Å². The summed E-state index contributed by atoms with van der Waals surface area (Å²) in [4.78, 5) is 11.8. The van der Waals surface area contributed by atoms with Crippen LogP contribution in [0.15, 0.2) is 11.4 Å². The molecule has 0 aromatic carbocycles. The van der Waals surface area contributed by atoms with Crippen LogP contribution in [0.4, 0.5) is 5.95 Å². The van der Waals surface area contributed by atoms with Crippen LogP contribution in [0.2, 0.25) is 0 Å². The van der Waals surface area contributed by atoms with E-state index in [1.807, 2.05) is 0 Å². The summed E-state index contributed by atoms with van der Waals surface area (Å²) in [7, 11) is -1.93. The zero-order valence-electron chi connectivity index (χ0n) is 11.1. The van der Waals surface area contributed by atoms with Gasteiger partial charge in [0, 0.05) is 0 Å². The minimum Gasteiger partial charge on any atom is -0.394 e. The number of imidazole rings is 1. The largest absolute Gasteiger partial charge is 0.394 e. The Hall–Kier alpha value is -1.70. The van der Waals surface area contributed by atoms with Crippen molar-refractivity contribution < 1.29 is 24.3 Å². The molecule has 0 bridgehead atoms. The Labute approximate surface area is 126 Å². The molecule has 12 heteroatoms. The maximum Gasteiger partial charge on any atom is 0.223 e. The molecular weight excluding hydrogens is 316 g/mol. The molecule has 5 atom stereocenters. The lowest BCUT2D eigenvalue weighted by atomic mass is 10.1. The Morgan fingerprint density at radius 1 is 1.36 bits per heavy atom. The van der Waals surface area contributed by atoms with E-state index in [0.29, 0.717) is 0 Å². The van der Waals surface area contributed by atoms with Gasteiger partial charge >= 0.3 is 0 Å². The van der Waals surface area contributed by atoms with E-state index in [1.165, 1.54) is 10.9 Å². The lowest BCUT2D eigenvalue weighted by Gasteiger charge is -2.16. The number of aliphatic hydroxyl groups is 3. The first kappa shape index (κ1) is 15.2. The molecular formula is C10H14N6O5S. The van der Waals surface area contributed by atoms with Crippen LogP contribution in [-0.2, 0) is 15.7 Å². The van der Waals surface area contributed by atoms with Crippen LogP contribution in [0.5, 0.6) is 0 Å². The normalized spacial score (nSPS) is 30.0. The fraction of sp³-hybridized carbons (Fsp3) is 0.500. The highest BCUT2D eigenvalue weighted by atomic mass is 32.2. The summed E-state index contributed by atoms with van der Waals surface area (Å²) in [5, 5.41) is 34.2. The van der Waals surface area contributed by atoms with Gasteiger partial charge in [0.15, 0.2) is 16.9 Å². The van der Waals surface area contributed by atoms with E-state index >= 15 is 0 Å². The molecule has 2 aromatic heterocycles. The van der Waals surface area contributed by atoms with Gasteiger partial charge < -0.3 is 25.8 Å². The monoisotopic (exact) mass is 330 g/mol. The molecule has 120 valence electrons. The van der Waals surface area contributed by atoms with Crippen molar-refractivity contribution >= 4 is 28.1 Å². The minimum absolute atomic E-state index is 0.0482. The van der Waals surface area contributed by atoms with E-state index in [4.69, 9.17) is 20.7 Å². The van der Waals surface area contributed by atoms with Crippen LogP contribution >= 0.6 is 0 Å². The van der Waals surface area contributed by atoms with E-state index in [2.05, 4.69) is 15.0 Å². The van der Waals surface area contributed by atoms with Crippen molar-refractivity contribution in [2.75, 3.05) is 12.3 Å². The SMILES string of the molecule is Nc1nc(S(N)=O)c2ncn(C3OC(CO)C(O)C3O)c2n1. The van der Waals surface area contributed by atoms with Gasteiger partial charge in [0.25, 0.3) is 0 Å². The predicted octanol–water partition coefficient (Wildman–Crippen LogP) is -3.00.